The molecule has 1 aromatic carbocycles. The van der Waals surface area contributed by atoms with Gasteiger partial charge in [-0.2, -0.15) is 0 Å². The van der Waals surface area contributed by atoms with Gasteiger partial charge in [0.05, 0.1) is 12.2 Å². The Morgan fingerprint density at radius 2 is 1.89 bits per heavy atom. The van der Waals surface area contributed by atoms with Crippen LogP contribution in [0, 0.1) is 6.92 Å². The van der Waals surface area contributed by atoms with Crippen molar-refractivity contribution in [2.75, 3.05) is 38.1 Å². The summed E-state index contributed by atoms with van der Waals surface area (Å²) in [6, 6.07) is 13.8. The number of aromatic nitrogens is 2. The standard InChI is InChI=1S/C21H24N4O2/c1-15-6-7-18-16(12-15)13-19(21(26)27)25(18)14-17-4-3-5-20(22-17)24-10-8-23(2)9-11-24/h3-7,12-13H,8-11,14H2,1-2H3,(H,26,27). The highest BCUT2D eigenvalue weighted by molar-refractivity contribution is 5.94. The van der Waals surface area contributed by atoms with Crippen molar-refractivity contribution in [1.82, 2.24) is 14.5 Å². The van der Waals surface area contributed by atoms with Crippen LogP contribution in [0.5, 0.6) is 0 Å². The SMILES string of the molecule is Cc1ccc2c(c1)cc(C(=O)O)n2Cc1cccc(N2CCN(C)CC2)n1. The van der Waals surface area contributed by atoms with Gasteiger partial charge in [0.15, 0.2) is 0 Å². The fourth-order valence-corrected chi connectivity index (χ4v) is 3.67. The summed E-state index contributed by atoms with van der Waals surface area (Å²) in [6.45, 7) is 6.42. The zero-order valence-corrected chi connectivity index (χ0v) is 15.7. The maximum atomic E-state index is 11.8. The lowest BCUT2D eigenvalue weighted by Gasteiger charge is -2.33. The third-order valence-corrected chi connectivity index (χ3v) is 5.22. The number of nitrogens with zero attached hydrogens (tertiary/aromatic N) is 4. The quantitative estimate of drug-likeness (QED) is 0.771. The highest BCUT2D eigenvalue weighted by Crippen LogP contribution is 2.23. The molecule has 0 unspecified atom stereocenters. The predicted octanol–water partition coefficient (Wildman–Crippen LogP) is 2.84. The molecule has 1 saturated heterocycles. The van der Waals surface area contributed by atoms with Crippen molar-refractivity contribution in [2.45, 2.75) is 13.5 Å². The van der Waals surface area contributed by atoms with Crippen molar-refractivity contribution >= 4 is 22.7 Å². The Balaban J connectivity index is 1.67. The minimum atomic E-state index is -0.918. The third kappa shape index (κ3) is 3.53. The molecule has 0 atom stereocenters. The lowest BCUT2D eigenvalue weighted by atomic mass is 10.2. The van der Waals surface area contributed by atoms with E-state index in [4.69, 9.17) is 4.98 Å². The Morgan fingerprint density at radius 1 is 1.11 bits per heavy atom. The number of hydrogen-bond donors (Lipinski definition) is 1. The fraction of sp³-hybridized carbons (Fsp3) is 0.333. The van der Waals surface area contributed by atoms with Gasteiger partial charge in [0.1, 0.15) is 11.5 Å². The number of rotatable bonds is 4. The number of pyridine rings is 1. The highest BCUT2D eigenvalue weighted by Gasteiger charge is 2.18. The summed E-state index contributed by atoms with van der Waals surface area (Å²) >= 11 is 0. The van der Waals surface area contributed by atoms with Crippen LogP contribution in [-0.4, -0.2) is 58.8 Å². The molecular weight excluding hydrogens is 340 g/mol. The number of fused-ring (bicyclic) bond motifs is 1. The summed E-state index contributed by atoms with van der Waals surface area (Å²) in [5.41, 5.74) is 3.20. The van der Waals surface area contributed by atoms with Crippen LogP contribution in [0.25, 0.3) is 10.9 Å². The van der Waals surface area contributed by atoms with Crippen LogP contribution in [0.1, 0.15) is 21.7 Å². The zero-order chi connectivity index (χ0) is 19.0. The molecule has 1 N–H and O–H groups in total. The molecule has 27 heavy (non-hydrogen) atoms. The zero-order valence-electron chi connectivity index (χ0n) is 15.7. The number of aromatic carboxylic acids is 1. The summed E-state index contributed by atoms with van der Waals surface area (Å²) in [6.07, 6.45) is 0. The van der Waals surface area contributed by atoms with E-state index in [0.717, 1.165) is 54.2 Å². The molecule has 0 bridgehead atoms. The van der Waals surface area contributed by atoms with Gasteiger partial charge in [-0.3, -0.25) is 0 Å². The molecule has 6 nitrogen and oxygen atoms in total. The lowest BCUT2D eigenvalue weighted by Crippen LogP contribution is -2.44. The normalized spacial score (nSPS) is 15.4. The van der Waals surface area contributed by atoms with Crippen molar-refractivity contribution in [2.24, 2.45) is 0 Å². The number of hydrogen-bond acceptors (Lipinski definition) is 4. The van der Waals surface area contributed by atoms with Crippen molar-refractivity contribution in [3.63, 3.8) is 0 Å². The van der Waals surface area contributed by atoms with E-state index in [1.54, 1.807) is 6.07 Å². The van der Waals surface area contributed by atoms with Crippen LogP contribution >= 0.6 is 0 Å². The monoisotopic (exact) mass is 364 g/mol. The van der Waals surface area contributed by atoms with Crippen molar-refractivity contribution in [3.05, 3.63) is 59.4 Å². The van der Waals surface area contributed by atoms with Crippen LogP contribution in [0.4, 0.5) is 5.82 Å². The Bertz CT molecular complexity index is 987. The van der Waals surface area contributed by atoms with Gasteiger partial charge in [-0.1, -0.05) is 17.7 Å². The maximum Gasteiger partial charge on any atom is 0.352 e. The van der Waals surface area contributed by atoms with E-state index in [1.807, 2.05) is 47.9 Å². The van der Waals surface area contributed by atoms with Gasteiger partial charge in [0.25, 0.3) is 0 Å². The van der Waals surface area contributed by atoms with E-state index in [2.05, 4.69) is 16.8 Å². The summed E-state index contributed by atoms with van der Waals surface area (Å²) in [4.78, 5) is 21.2. The summed E-state index contributed by atoms with van der Waals surface area (Å²) in [5.74, 6) is 0.0452. The van der Waals surface area contributed by atoms with Gasteiger partial charge < -0.3 is 19.5 Å². The molecule has 2 aromatic heterocycles. The summed E-state index contributed by atoms with van der Waals surface area (Å²) in [7, 11) is 2.13. The van der Waals surface area contributed by atoms with E-state index in [-0.39, 0.29) is 0 Å². The first-order valence-electron chi connectivity index (χ1n) is 9.24. The first-order chi connectivity index (χ1) is 13.0. The van der Waals surface area contributed by atoms with E-state index in [0.29, 0.717) is 12.2 Å². The first-order valence-corrected chi connectivity index (χ1v) is 9.24. The molecule has 3 aromatic rings. The van der Waals surface area contributed by atoms with Gasteiger partial charge in [-0.25, -0.2) is 9.78 Å². The number of likely N-dealkylation sites (N-methyl/N-ethyl adjacent to an activating group) is 1. The van der Waals surface area contributed by atoms with E-state index >= 15 is 0 Å². The molecule has 0 radical (unpaired) electrons. The van der Waals surface area contributed by atoms with Crippen LogP contribution < -0.4 is 4.90 Å². The second-order valence-electron chi connectivity index (χ2n) is 7.26. The molecule has 1 fully saturated rings. The topological polar surface area (TPSA) is 61.6 Å². The number of anilines is 1. The lowest BCUT2D eigenvalue weighted by molar-refractivity contribution is 0.0686. The Kier molecular flexibility index (Phi) is 4.58. The van der Waals surface area contributed by atoms with Crippen LogP contribution in [0.2, 0.25) is 0 Å². The van der Waals surface area contributed by atoms with Gasteiger partial charge in [0.2, 0.25) is 0 Å². The van der Waals surface area contributed by atoms with Crippen LogP contribution in [0.3, 0.4) is 0 Å². The van der Waals surface area contributed by atoms with E-state index in [9.17, 15) is 9.90 Å². The third-order valence-electron chi connectivity index (χ3n) is 5.22. The minimum Gasteiger partial charge on any atom is -0.477 e. The molecule has 0 amide bonds. The Labute approximate surface area is 158 Å². The molecule has 1 aliphatic rings. The maximum absolute atomic E-state index is 11.8. The van der Waals surface area contributed by atoms with E-state index in [1.165, 1.54) is 0 Å². The fourth-order valence-electron chi connectivity index (χ4n) is 3.67. The van der Waals surface area contributed by atoms with Crippen LogP contribution in [0.15, 0.2) is 42.5 Å². The predicted molar refractivity (Wildman–Crippen MR) is 107 cm³/mol. The second kappa shape index (κ2) is 7.04. The van der Waals surface area contributed by atoms with Crippen LogP contribution in [-0.2, 0) is 6.54 Å². The molecule has 140 valence electrons. The number of aryl methyl sites for hydroxylation is 1. The Morgan fingerprint density at radius 3 is 2.63 bits per heavy atom. The number of carboxylic acids is 1. The van der Waals surface area contributed by atoms with Crippen molar-refractivity contribution in [3.8, 4) is 0 Å². The molecule has 4 rings (SSSR count). The number of piperazine rings is 1. The summed E-state index contributed by atoms with van der Waals surface area (Å²) < 4.78 is 1.84. The molecule has 1 aliphatic heterocycles. The average Bonchev–Trinajstić information content (AvgIpc) is 3.00. The molecule has 3 heterocycles. The minimum absolute atomic E-state index is 0.294. The van der Waals surface area contributed by atoms with Gasteiger partial charge in [-0.05, 0) is 44.3 Å². The van der Waals surface area contributed by atoms with Gasteiger partial charge in [0, 0.05) is 37.1 Å². The van der Waals surface area contributed by atoms with Gasteiger partial charge >= 0.3 is 5.97 Å². The summed E-state index contributed by atoms with van der Waals surface area (Å²) in [5, 5.41) is 10.6. The number of carboxylic acid groups (broad SMARTS) is 1. The van der Waals surface area contributed by atoms with Crippen molar-refractivity contribution < 1.29 is 9.90 Å². The van der Waals surface area contributed by atoms with Gasteiger partial charge in [-0.15, -0.1) is 0 Å². The largest absolute Gasteiger partial charge is 0.477 e. The smallest absolute Gasteiger partial charge is 0.352 e. The molecule has 0 spiro atoms. The molecule has 6 heteroatoms. The molecule has 0 saturated carbocycles. The average molecular weight is 364 g/mol. The molecular formula is C21H24N4O2. The number of carbonyl (C=O) groups is 1. The van der Waals surface area contributed by atoms with Crippen molar-refractivity contribution in [1.29, 1.82) is 0 Å². The number of benzene rings is 1. The molecule has 0 aliphatic carbocycles. The Hall–Kier alpha value is -2.86. The highest BCUT2D eigenvalue weighted by atomic mass is 16.4. The second-order valence-corrected chi connectivity index (χ2v) is 7.26. The van der Waals surface area contributed by atoms with E-state index < -0.39 is 5.97 Å². The first kappa shape index (κ1) is 17.5.